The minimum Gasteiger partial charge on any atom is -0.369 e. The van der Waals surface area contributed by atoms with E-state index in [0.717, 1.165) is 31.9 Å². The number of carbonyl (C=O) groups is 1. The molecule has 17 heavy (non-hydrogen) atoms. The van der Waals surface area contributed by atoms with Crippen molar-refractivity contribution in [1.82, 2.24) is 10.6 Å². The summed E-state index contributed by atoms with van der Waals surface area (Å²) in [5.74, 6) is 0. The highest BCUT2D eigenvalue weighted by Crippen LogP contribution is 2.18. The first-order chi connectivity index (χ1) is 8.29. The van der Waals surface area contributed by atoms with Crippen LogP contribution in [0.1, 0.15) is 0 Å². The highest BCUT2D eigenvalue weighted by Gasteiger charge is 2.09. The van der Waals surface area contributed by atoms with E-state index in [1.807, 2.05) is 24.3 Å². The van der Waals surface area contributed by atoms with Crippen LogP contribution in [0, 0.1) is 0 Å². The molecule has 3 N–H and O–H groups in total. The third-order valence-electron chi connectivity index (χ3n) is 2.83. The van der Waals surface area contributed by atoms with Crippen LogP contribution >= 0.6 is 0 Å². The van der Waals surface area contributed by atoms with E-state index in [0.29, 0.717) is 0 Å². The van der Waals surface area contributed by atoms with Crippen molar-refractivity contribution in [2.45, 2.75) is 0 Å². The van der Waals surface area contributed by atoms with Crippen molar-refractivity contribution in [3.63, 3.8) is 0 Å². The highest BCUT2D eigenvalue weighted by atomic mass is 16.2. The molecule has 0 radical (unpaired) electrons. The number of hydrogen-bond donors (Lipinski definition) is 3. The normalized spacial score (nSPS) is 15.5. The summed E-state index contributed by atoms with van der Waals surface area (Å²) < 4.78 is 0. The zero-order valence-corrected chi connectivity index (χ0v) is 9.99. The molecule has 92 valence electrons. The van der Waals surface area contributed by atoms with Crippen LogP contribution in [-0.2, 0) is 0 Å². The topological polar surface area (TPSA) is 56.4 Å². The van der Waals surface area contributed by atoms with Crippen LogP contribution in [0.25, 0.3) is 0 Å². The summed E-state index contributed by atoms with van der Waals surface area (Å²) in [6.07, 6.45) is 0. The lowest BCUT2D eigenvalue weighted by Gasteiger charge is -2.29. The molecule has 0 aromatic heterocycles. The predicted molar refractivity (Wildman–Crippen MR) is 69.6 cm³/mol. The Balaban J connectivity index is 1.99. The van der Waals surface area contributed by atoms with Gasteiger partial charge in [-0.15, -0.1) is 0 Å². The van der Waals surface area contributed by atoms with E-state index < -0.39 is 0 Å². The Morgan fingerprint density at radius 3 is 2.47 bits per heavy atom. The van der Waals surface area contributed by atoms with Gasteiger partial charge in [-0.05, 0) is 24.3 Å². The first kappa shape index (κ1) is 11.7. The van der Waals surface area contributed by atoms with E-state index >= 15 is 0 Å². The molecular formula is C12H18N4O. The largest absolute Gasteiger partial charge is 0.369 e. The van der Waals surface area contributed by atoms with Gasteiger partial charge >= 0.3 is 6.03 Å². The molecule has 1 saturated heterocycles. The first-order valence-corrected chi connectivity index (χ1v) is 5.84. The van der Waals surface area contributed by atoms with Gasteiger partial charge in [-0.25, -0.2) is 4.79 Å². The molecule has 1 aliphatic heterocycles. The van der Waals surface area contributed by atoms with Crippen LogP contribution in [0.4, 0.5) is 16.2 Å². The summed E-state index contributed by atoms with van der Waals surface area (Å²) >= 11 is 0. The van der Waals surface area contributed by atoms with Gasteiger partial charge in [-0.1, -0.05) is 0 Å². The van der Waals surface area contributed by atoms with Crippen LogP contribution in [0.5, 0.6) is 0 Å². The average Bonchev–Trinajstić information content (AvgIpc) is 2.40. The highest BCUT2D eigenvalue weighted by molar-refractivity contribution is 5.89. The summed E-state index contributed by atoms with van der Waals surface area (Å²) in [5.41, 5.74) is 2.01. The molecule has 1 aromatic carbocycles. The average molecular weight is 234 g/mol. The molecule has 1 aliphatic rings. The number of benzene rings is 1. The lowest BCUT2D eigenvalue weighted by molar-refractivity contribution is 0.254. The Labute approximate surface area is 101 Å². The second-order valence-corrected chi connectivity index (χ2v) is 3.99. The molecule has 0 spiro atoms. The Bertz CT molecular complexity index is 371. The van der Waals surface area contributed by atoms with Crippen LogP contribution in [-0.4, -0.2) is 39.3 Å². The van der Waals surface area contributed by atoms with Gasteiger partial charge in [-0.3, -0.25) is 0 Å². The number of amides is 2. The van der Waals surface area contributed by atoms with E-state index in [2.05, 4.69) is 20.9 Å². The van der Waals surface area contributed by atoms with Crippen molar-refractivity contribution in [2.24, 2.45) is 0 Å². The van der Waals surface area contributed by atoms with Crippen molar-refractivity contribution in [3.8, 4) is 0 Å². The zero-order valence-electron chi connectivity index (χ0n) is 9.99. The molecule has 2 rings (SSSR count). The fourth-order valence-corrected chi connectivity index (χ4v) is 1.87. The van der Waals surface area contributed by atoms with Crippen molar-refractivity contribution in [2.75, 3.05) is 43.4 Å². The molecular weight excluding hydrogens is 216 g/mol. The number of nitrogens with one attached hydrogen (secondary N) is 3. The summed E-state index contributed by atoms with van der Waals surface area (Å²) in [6.45, 7) is 4.11. The number of piperazine rings is 1. The van der Waals surface area contributed by atoms with Gasteiger partial charge in [0.2, 0.25) is 0 Å². The lowest BCUT2D eigenvalue weighted by atomic mass is 10.2. The summed E-state index contributed by atoms with van der Waals surface area (Å²) in [5, 5.41) is 8.59. The quantitative estimate of drug-likeness (QED) is 0.711. The van der Waals surface area contributed by atoms with Gasteiger partial charge in [0.05, 0.1) is 0 Å². The van der Waals surface area contributed by atoms with Gasteiger partial charge < -0.3 is 20.9 Å². The third-order valence-corrected chi connectivity index (χ3v) is 2.83. The maximum Gasteiger partial charge on any atom is 0.318 e. The van der Waals surface area contributed by atoms with E-state index in [1.54, 1.807) is 7.05 Å². The van der Waals surface area contributed by atoms with Crippen molar-refractivity contribution in [3.05, 3.63) is 24.3 Å². The molecule has 0 aliphatic carbocycles. The predicted octanol–water partition coefficient (Wildman–Crippen LogP) is 0.847. The molecule has 1 aromatic rings. The monoisotopic (exact) mass is 234 g/mol. The smallest absolute Gasteiger partial charge is 0.318 e. The van der Waals surface area contributed by atoms with Gasteiger partial charge in [0.1, 0.15) is 0 Å². The third kappa shape index (κ3) is 3.10. The fraction of sp³-hybridized carbons (Fsp3) is 0.417. The summed E-state index contributed by atoms with van der Waals surface area (Å²) in [6, 6.07) is 7.73. The SMILES string of the molecule is CNC(=O)Nc1ccc(N2CCNCC2)cc1. The molecule has 0 atom stereocenters. The number of nitrogens with zero attached hydrogens (tertiary/aromatic N) is 1. The van der Waals surface area contributed by atoms with Crippen LogP contribution in [0.2, 0.25) is 0 Å². The maximum absolute atomic E-state index is 11.1. The van der Waals surface area contributed by atoms with Gasteiger partial charge in [0, 0.05) is 44.6 Å². The van der Waals surface area contributed by atoms with Crippen LogP contribution in [0.15, 0.2) is 24.3 Å². The Morgan fingerprint density at radius 2 is 1.88 bits per heavy atom. The van der Waals surface area contributed by atoms with E-state index in [1.165, 1.54) is 5.69 Å². The van der Waals surface area contributed by atoms with Gasteiger partial charge in [-0.2, -0.15) is 0 Å². The molecule has 0 bridgehead atoms. The van der Waals surface area contributed by atoms with Crippen LogP contribution in [0.3, 0.4) is 0 Å². The first-order valence-electron chi connectivity index (χ1n) is 5.84. The molecule has 5 nitrogen and oxygen atoms in total. The molecule has 5 heteroatoms. The van der Waals surface area contributed by atoms with Crippen molar-refractivity contribution < 1.29 is 4.79 Å². The molecule has 1 heterocycles. The molecule has 0 saturated carbocycles. The van der Waals surface area contributed by atoms with Gasteiger partial charge in [0.15, 0.2) is 0 Å². The summed E-state index contributed by atoms with van der Waals surface area (Å²) in [4.78, 5) is 13.5. The molecule has 2 amide bonds. The van der Waals surface area contributed by atoms with E-state index in [-0.39, 0.29) is 6.03 Å². The minimum atomic E-state index is -0.195. The van der Waals surface area contributed by atoms with Crippen molar-refractivity contribution in [1.29, 1.82) is 0 Å². The molecule has 0 unspecified atom stereocenters. The van der Waals surface area contributed by atoms with Gasteiger partial charge in [0.25, 0.3) is 0 Å². The second kappa shape index (κ2) is 5.54. The fourth-order valence-electron chi connectivity index (χ4n) is 1.87. The number of rotatable bonds is 2. The van der Waals surface area contributed by atoms with Crippen molar-refractivity contribution >= 4 is 17.4 Å². The van der Waals surface area contributed by atoms with Crippen LogP contribution < -0.4 is 20.9 Å². The molecule has 1 fully saturated rings. The number of anilines is 2. The maximum atomic E-state index is 11.1. The Morgan fingerprint density at radius 1 is 1.24 bits per heavy atom. The zero-order chi connectivity index (χ0) is 12.1. The van der Waals surface area contributed by atoms with E-state index in [4.69, 9.17) is 0 Å². The second-order valence-electron chi connectivity index (χ2n) is 3.99. The minimum absolute atomic E-state index is 0.195. The van der Waals surface area contributed by atoms with E-state index in [9.17, 15) is 4.79 Å². The Hall–Kier alpha value is -1.75. The standard InChI is InChI=1S/C12H18N4O/c1-13-12(17)15-10-2-4-11(5-3-10)16-8-6-14-7-9-16/h2-5,14H,6-9H2,1H3,(H2,13,15,17). The number of carbonyl (C=O) groups excluding carboxylic acids is 1. The number of urea groups is 1. The summed E-state index contributed by atoms with van der Waals surface area (Å²) in [7, 11) is 1.60. The number of hydrogen-bond acceptors (Lipinski definition) is 3. The lowest BCUT2D eigenvalue weighted by Crippen LogP contribution is -2.43. The Kier molecular flexibility index (Phi) is 3.82.